The molecule has 0 saturated heterocycles. The summed E-state index contributed by atoms with van der Waals surface area (Å²) in [6.07, 6.45) is 0. The van der Waals surface area contributed by atoms with Crippen LogP contribution in [0.5, 0.6) is 0 Å². The van der Waals surface area contributed by atoms with Gasteiger partial charge in [0.2, 0.25) is 0 Å². The number of rotatable bonds is 6. The van der Waals surface area contributed by atoms with Crippen LogP contribution in [0, 0.1) is 0 Å². The third kappa shape index (κ3) is 5.42. The quantitative estimate of drug-likeness (QED) is 0.160. The third-order valence-electron chi connectivity index (χ3n) is 11.3. The Bertz CT molecular complexity index is 3250. The monoisotopic (exact) mass is 713 g/mol. The van der Waals surface area contributed by atoms with E-state index in [2.05, 4.69) is 211 Å². The standard InChI is InChI=1S/C54H35NO/c1-2-12-42-34-43(28-22-36(42)10-1)37-20-23-40(24-21-37)47-14-5-7-16-50(47)55(51-17-9-19-53-54(51)48-15-6-8-18-52(48)56-53)45-32-30-38(31-33-45)44-29-27-41-26-25-39-11-3-4-13-46(39)49(41)35-44/h1-35H. The van der Waals surface area contributed by atoms with Gasteiger partial charge in [0.1, 0.15) is 11.2 Å². The average Bonchev–Trinajstić information content (AvgIpc) is 3.66. The van der Waals surface area contributed by atoms with Crippen LogP contribution in [0.25, 0.3) is 87.6 Å². The van der Waals surface area contributed by atoms with E-state index in [1.807, 2.05) is 6.07 Å². The van der Waals surface area contributed by atoms with Gasteiger partial charge in [0.15, 0.2) is 0 Å². The largest absolute Gasteiger partial charge is 0.456 e. The van der Waals surface area contributed by atoms with Crippen molar-refractivity contribution < 1.29 is 4.42 Å². The predicted octanol–water partition coefficient (Wildman–Crippen LogP) is 15.5. The lowest BCUT2D eigenvalue weighted by Gasteiger charge is -2.28. The van der Waals surface area contributed by atoms with Gasteiger partial charge in [-0.3, -0.25) is 0 Å². The molecule has 0 amide bonds. The summed E-state index contributed by atoms with van der Waals surface area (Å²) in [6, 6.07) is 76.6. The Morgan fingerprint density at radius 1 is 0.304 bits per heavy atom. The van der Waals surface area contributed by atoms with Crippen molar-refractivity contribution in [3.8, 4) is 33.4 Å². The van der Waals surface area contributed by atoms with E-state index in [0.29, 0.717) is 0 Å². The fraction of sp³-hybridized carbons (Fsp3) is 0. The molecule has 0 saturated carbocycles. The molecule has 0 N–H and O–H groups in total. The van der Waals surface area contributed by atoms with E-state index in [0.717, 1.165) is 50.1 Å². The zero-order valence-electron chi connectivity index (χ0n) is 30.6. The smallest absolute Gasteiger partial charge is 0.137 e. The van der Waals surface area contributed by atoms with Crippen LogP contribution in [0.1, 0.15) is 0 Å². The number of hydrogen-bond acceptors (Lipinski definition) is 2. The minimum Gasteiger partial charge on any atom is -0.456 e. The molecule has 0 unspecified atom stereocenters. The van der Waals surface area contributed by atoms with Crippen LogP contribution in [-0.2, 0) is 0 Å². The highest BCUT2D eigenvalue weighted by Crippen LogP contribution is 2.46. The molecule has 0 aliphatic heterocycles. The maximum atomic E-state index is 6.43. The average molecular weight is 714 g/mol. The molecule has 10 aromatic carbocycles. The zero-order valence-corrected chi connectivity index (χ0v) is 30.6. The van der Waals surface area contributed by atoms with Crippen molar-refractivity contribution in [3.05, 3.63) is 212 Å². The minimum atomic E-state index is 0.867. The second-order valence-electron chi connectivity index (χ2n) is 14.5. The molecule has 0 aliphatic rings. The first-order valence-corrected chi connectivity index (χ1v) is 19.2. The number of fused-ring (bicyclic) bond motifs is 7. The molecule has 11 aromatic rings. The van der Waals surface area contributed by atoms with E-state index < -0.39 is 0 Å². The number of anilines is 3. The summed E-state index contributed by atoms with van der Waals surface area (Å²) < 4.78 is 6.43. The highest BCUT2D eigenvalue weighted by Gasteiger charge is 2.22. The Morgan fingerprint density at radius 2 is 0.839 bits per heavy atom. The van der Waals surface area contributed by atoms with Crippen LogP contribution in [0.3, 0.4) is 0 Å². The van der Waals surface area contributed by atoms with Gasteiger partial charge < -0.3 is 9.32 Å². The molecule has 0 bridgehead atoms. The van der Waals surface area contributed by atoms with Crippen LogP contribution >= 0.6 is 0 Å². The Labute approximate surface area is 325 Å². The molecule has 0 spiro atoms. The molecule has 11 rings (SSSR count). The Balaban J connectivity index is 1.05. The SMILES string of the molecule is c1ccc(N(c2ccc(-c3ccc4ccc5ccccc5c4c3)cc2)c2cccc3oc4ccccc4c23)c(-c2ccc(-c3ccc4ccccc4c3)cc2)c1. The van der Waals surface area contributed by atoms with Crippen LogP contribution in [-0.4, -0.2) is 0 Å². The van der Waals surface area contributed by atoms with Gasteiger partial charge in [-0.05, 0) is 109 Å². The van der Waals surface area contributed by atoms with E-state index in [1.165, 1.54) is 54.6 Å². The Kier molecular flexibility index (Phi) is 7.53. The summed E-state index contributed by atoms with van der Waals surface area (Å²) in [6.45, 7) is 0. The molecule has 2 heteroatoms. The molecule has 0 radical (unpaired) electrons. The first kappa shape index (κ1) is 32.0. The van der Waals surface area contributed by atoms with Gasteiger partial charge in [-0.25, -0.2) is 0 Å². The molecule has 262 valence electrons. The van der Waals surface area contributed by atoms with Gasteiger partial charge in [0.05, 0.1) is 16.8 Å². The molecule has 2 nitrogen and oxygen atoms in total. The van der Waals surface area contributed by atoms with Gasteiger partial charge in [-0.15, -0.1) is 0 Å². The van der Waals surface area contributed by atoms with Gasteiger partial charge in [0, 0.05) is 16.6 Å². The summed E-state index contributed by atoms with van der Waals surface area (Å²) in [5, 5.41) is 9.73. The summed E-state index contributed by atoms with van der Waals surface area (Å²) in [7, 11) is 0. The molecule has 0 aliphatic carbocycles. The normalized spacial score (nSPS) is 11.6. The van der Waals surface area contributed by atoms with Crippen LogP contribution in [0.4, 0.5) is 17.1 Å². The highest BCUT2D eigenvalue weighted by atomic mass is 16.3. The number of benzene rings is 10. The first-order chi connectivity index (χ1) is 27.7. The molecule has 1 aromatic heterocycles. The van der Waals surface area contributed by atoms with Crippen molar-refractivity contribution in [3.63, 3.8) is 0 Å². The Morgan fingerprint density at radius 3 is 1.66 bits per heavy atom. The van der Waals surface area contributed by atoms with Crippen molar-refractivity contribution in [2.45, 2.75) is 0 Å². The van der Waals surface area contributed by atoms with Gasteiger partial charge in [-0.2, -0.15) is 0 Å². The Hall–Kier alpha value is -7.42. The fourth-order valence-electron chi connectivity index (χ4n) is 8.46. The summed E-state index contributed by atoms with van der Waals surface area (Å²) >= 11 is 0. The van der Waals surface area contributed by atoms with E-state index >= 15 is 0 Å². The molecule has 0 fully saturated rings. The van der Waals surface area contributed by atoms with E-state index in [1.54, 1.807) is 0 Å². The number of hydrogen-bond donors (Lipinski definition) is 0. The summed E-state index contributed by atoms with van der Waals surface area (Å²) in [5.74, 6) is 0. The van der Waals surface area contributed by atoms with Gasteiger partial charge >= 0.3 is 0 Å². The topological polar surface area (TPSA) is 16.4 Å². The maximum Gasteiger partial charge on any atom is 0.137 e. The lowest BCUT2D eigenvalue weighted by Crippen LogP contribution is -2.11. The second-order valence-corrected chi connectivity index (χ2v) is 14.5. The van der Waals surface area contributed by atoms with Crippen molar-refractivity contribution in [1.82, 2.24) is 0 Å². The lowest BCUT2D eigenvalue weighted by molar-refractivity contribution is 0.669. The molecule has 0 atom stereocenters. The van der Waals surface area contributed by atoms with Crippen molar-refractivity contribution in [2.24, 2.45) is 0 Å². The van der Waals surface area contributed by atoms with Crippen LogP contribution in [0.15, 0.2) is 217 Å². The van der Waals surface area contributed by atoms with Crippen LogP contribution in [0.2, 0.25) is 0 Å². The predicted molar refractivity (Wildman–Crippen MR) is 237 cm³/mol. The zero-order chi connectivity index (χ0) is 37.0. The summed E-state index contributed by atoms with van der Waals surface area (Å²) in [5.41, 5.74) is 12.0. The second kappa shape index (κ2) is 13.2. The molecule has 56 heavy (non-hydrogen) atoms. The van der Waals surface area contributed by atoms with Crippen LogP contribution < -0.4 is 4.90 Å². The van der Waals surface area contributed by atoms with Crippen molar-refractivity contribution >= 4 is 71.3 Å². The van der Waals surface area contributed by atoms with Gasteiger partial charge in [0.25, 0.3) is 0 Å². The number of para-hydroxylation sites is 2. The van der Waals surface area contributed by atoms with Crippen molar-refractivity contribution in [2.75, 3.05) is 4.90 Å². The molecular weight excluding hydrogens is 679 g/mol. The first-order valence-electron chi connectivity index (χ1n) is 19.2. The maximum absolute atomic E-state index is 6.43. The number of furan rings is 1. The highest BCUT2D eigenvalue weighted by molar-refractivity contribution is 6.14. The number of nitrogens with zero attached hydrogens (tertiary/aromatic N) is 1. The van der Waals surface area contributed by atoms with Crippen molar-refractivity contribution in [1.29, 1.82) is 0 Å². The molecular formula is C54H35NO. The molecule has 1 heterocycles. The van der Waals surface area contributed by atoms with E-state index in [9.17, 15) is 0 Å². The summed E-state index contributed by atoms with van der Waals surface area (Å²) in [4.78, 5) is 2.40. The fourth-order valence-corrected chi connectivity index (χ4v) is 8.46. The van der Waals surface area contributed by atoms with E-state index in [-0.39, 0.29) is 0 Å². The third-order valence-corrected chi connectivity index (χ3v) is 11.3. The van der Waals surface area contributed by atoms with Gasteiger partial charge in [-0.1, -0.05) is 164 Å². The van der Waals surface area contributed by atoms with E-state index in [4.69, 9.17) is 4.42 Å². The lowest BCUT2D eigenvalue weighted by atomic mass is 9.96. The minimum absolute atomic E-state index is 0.867.